The van der Waals surface area contributed by atoms with Gasteiger partial charge in [-0.2, -0.15) is 5.10 Å². The molecule has 1 aliphatic rings. The molecule has 3 aromatic rings. The first-order valence-corrected chi connectivity index (χ1v) is 10.4. The van der Waals surface area contributed by atoms with Crippen LogP contribution < -0.4 is 5.32 Å². The molecule has 2 N–H and O–H groups in total. The van der Waals surface area contributed by atoms with Crippen LogP contribution in [0.1, 0.15) is 56.4 Å². The van der Waals surface area contributed by atoms with E-state index < -0.39 is 0 Å². The SMILES string of the molecule is Cc1occc1C(=O)N1CCc2c(c(C(=O)NC(C)c3ccccc3)nn2CCO)C1. The number of aliphatic hydroxyl groups excluding tert-OH is 1. The molecule has 1 unspecified atom stereocenters. The highest BCUT2D eigenvalue weighted by atomic mass is 16.3. The number of benzene rings is 1. The fourth-order valence-electron chi connectivity index (χ4n) is 3.99. The van der Waals surface area contributed by atoms with Crippen LogP contribution in [0.5, 0.6) is 0 Å². The van der Waals surface area contributed by atoms with E-state index in [2.05, 4.69) is 10.4 Å². The molecule has 1 aromatic carbocycles. The normalized spacial score (nSPS) is 14.2. The maximum absolute atomic E-state index is 13.1. The highest BCUT2D eigenvalue weighted by Crippen LogP contribution is 2.25. The molecule has 0 fully saturated rings. The van der Waals surface area contributed by atoms with Crippen molar-refractivity contribution in [2.24, 2.45) is 0 Å². The summed E-state index contributed by atoms with van der Waals surface area (Å²) in [6.45, 7) is 4.69. The fraction of sp³-hybridized carbons (Fsp3) is 0.348. The van der Waals surface area contributed by atoms with Crippen molar-refractivity contribution in [2.45, 2.75) is 39.4 Å². The van der Waals surface area contributed by atoms with Crippen LogP contribution >= 0.6 is 0 Å². The van der Waals surface area contributed by atoms with E-state index in [-0.39, 0.29) is 31.0 Å². The molecule has 31 heavy (non-hydrogen) atoms. The maximum atomic E-state index is 13.1. The highest BCUT2D eigenvalue weighted by molar-refractivity contribution is 5.96. The largest absolute Gasteiger partial charge is 0.469 e. The van der Waals surface area contributed by atoms with E-state index in [0.717, 1.165) is 16.8 Å². The average Bonchev–Trinajstić information content (AvgIpc) is 3.37. The molecule has 0 spiro atoms. The van der Waals surface area contributed by atoms with Gasteiger partial charge in [-0.1, -0.05) is 30.3 Å². The van der Waals surface area contributed by atoms with Crippen LogP contribution in [0.4, 0.5) is 0 Å². The molecule has 8 nitrogen and oxygen atoms in total. The second-order valence-corrected chi connectivity index (χ2v) is 7.69. The number of nitrogens with one attached hydrogen (secondary N) is 1. The minimum absolute atomic E-state index is 0.0769. The predicted molar refractivity (Wildman–Crippen MR) is 114 cm³/mol. The molecule has 8 heteroatoms. The molecule has 2 amide bonds. The van der Waals surface area contributed by atoms with Gasteiger partial charge < -0.3 is 19.7 Å². The molecule has 0 saturated carbocycles. The molecule has 1 atom stereocenters. The summed E-state index contributed by atoms with van der Waals surface area (Å²) < 4.78 is 6.96. The second-order valence-electron chi connectivity index (χ2n) is 7.69. The van der Waals surface area contributed by atoms with Crippen LogP contribution in [0, 0.1) is 6.92 Å². The molecular weight excluding hydrogens is 396 g/mol. The Hall–Kier alpha value is -3.39. The van der Waals surface area contributed by atoms with Gasteiger partial charge in [0.25, 0.3) is 11.8 Å². The monoisotopic (exact) mass is 422 g/mol. The third-order valence-corrected chi connectivity index (χ3v) is 5.68. The van der Waals surface area contributed by atoms with Crippen molar-refractivity contribution in [1.29, 1.82) is 0 Å². The number of aliphatic hydroxyl groups is 1. The number of hydrogen-bond acceptors (Lipinski definition) is 5. The van der Waals surface area contributed by atoms with Crippen molar-refractivity contribution in [1.82, 2.24) is 20.0 Å². The van der Waals surface area contributed by atoms with E-state index in [9.17, 15) is 14.7 Å². The van der Waals surface area contributed by atoms with Crippen molar-refractivity contribution in [3.05, 3.63) is 76.5 Å². The van der Waals surface area contributed by atoms with Gasteiger partial charge in [0.2, 0.25) is 0 Å². The summed E-state index contributed by atoms with van der Waals surface area (Å²) in [4.78, 5) is 27.8. The Labute approximate surface area is 180 Å². The van der Waals surface area contributed by atoms with Crippen LogP contribution in [0.15, 0.2) is 47.1 Å². The van der Waals surface area contributed by atoms with E-state index in [1.165, 1.54) is 6.26 Å². The third kappa shape index (κ3) is 4.11. The number of aromatic nitrogens is 2. The van der Waals surface area contributed by atoms with Crippen molar-refractivity contribution in [2.75, 3.05) is 13.2 Å². The van der Waals surface area contributed by atoms with Gasteiger partial charge >= 0.3 is 0 Å². The minimum Gasteiger partial charge on any atom is -0.469 e. The van der Waals surface area contributed by atoms with Gasteiger partial charge in [-0.3, -0.25) is 14.3 Å². The van der Waals surface area contributed by atoms with E-state index in [4.69, 9.17) is 4.42 Å². The lowest BCUT2D eigenvalue weighted by Gasteiger charge is -2.28. The molecule has 0 aliphatic carbocycles. The van der Waals surface area contributed by atoms with Gasteiger partial charge in [-0.15, -0.1) is 0 Å². The molecule has 4 rings (SSSR count). The summed E-state index contributed by atoms with van der Waals surface area (Å²) >= 11 is 0. The van der Waals surface area contributed by atoms with Crippen LogP contribution in [0.2, 0.25) is 0 Å². The van der Waals surface area contributed by atoms with Gasteiger partial charge in [0.1, 0.15) is 5.76 Å². The minimum atomic E-state index is -0.293. The Morgan fingerprint density at radius 2 is 2.03 bits per heavy atom. The summed E-state index contributed by atoms with van der Waals surface area (Å²) in [6, 6.07) is 11.2. The van der Waals surface area contributed by atoms with Crippen LogP contribution in [-0.2, 0) is 19.5 Å². The maximum Gasteiger partial charge on any atom is 0.272 e. The Kier molecular flexibility index (Phi) is 5.90. The lowest BCUT2D eigenvalue weighted by molar-refractivity contribution is 0.0728. The first-order valence-electron chi connectivity index (χ1n) is 10.4. The van der Waals surface area contributed by atoms with Crippen LogP contribution in [0.3, 0.4) is 0 Å². The molecule has 2 aromatic heterocycles. The van der Waals surface area contributed by atoms with Gasteiger partial charge in [0, 0.05) is 24.2 Å². The van der Waals surface area contributed by atoms with Gasteiger partial charge in [-0.05, 0) is 25.5 Å². The number of hydrogen-bond donors (Lipinski definition) is 2. The first kappa shape index (κ1) is 20.9. The van der Waals surface area contributed by atoms with Crippen molar-refractivity contribution >= 4 is 11.8 Å². The summed E-state index contributed by atoms with van der Waals surface area (Å²) in [5, 5.41) is 16.9. The number of carbonyl (C=O) groups is 2. The third-order valence-electron chi connectivity index (χ3n) is 5.68. The molecule has 3 heterocycles. The molecule has 1 aliphatic heterocycles. The Morgan fingerprint density at radius 3 is 2.71 bits per heavy atom. The second kappa shape index (κ2) is 8.77. The zero-order chi connectivity index (χ0) is 22.0. The number of fused-ring (bicyclic) bond motifs is 1. The lowest BCUT2D eigenvalue weighted by atomic mass is 10.0. The first-order chi connectivity index (χ1) is 15.0. The summed E-state index contributed by atoms with van der Waals surface area (Å²) in [7, 11) is 0. The number of carbonyl (C=O) groups excluding carboxylic acids is 2. The van der Waals surface area contributed by atoms with Crippen molar-refractivity contribution in [3.8, 4) is 0 Å². The van der Waals surface area contributed by atoms with Crippen LogP contribution in [-0.4, -0.2) is 44.8 Å². The standard InChI is InChI=1S/C23H26N4O4/c1-15(17-6-4-3-5-7-17)24-22(29)21-19-14-26(23(30)18-9-13-31-16(18)2)10-8-20(19)27(25-21)11-12-28/h3-7,9,13,15,28H,8,10-12,14H2,1-2H3,(H,24,29). The van der Waals surface area contributed by atoms with Crippen molar-refractivity contribution in [3.63, 3.8) is 0 Å². The number of rotatable bonds is 6. The Bertz CT molecular complexity index is 1090. The average molecular weight is 422 g/mol. The fourth-order valence-corrected chi connectivity index (χ4v) is 3.99. The quantitative estimate of drug-likeness (QED) is 0.636. The molecular formula is C23H26N4O4. The molecule has 0 saturated heterocycles. The number of amides is 2. The van der Waals surface area contributed by atoms with Gasteiger partial charge in [0.15, 0.2) is 5.69 Å². The van der Waals surface area contributed by atoms with E-state index >= 15 is 0 Å². The Morgan fingerprint density at radius 1 is 1.26 bits per heavy atom. The smallest absolute Gasteiger partial charge is 0.272 e. The molecule has 162 valence electrons. The predicted octanol–water partition coefficient (Wildman–Crippen LogP) is 2.47. The highest BCUT2D eigenvalue weighted by Gasteiger charge is 2.31. The summed E-state index contributed by atoms with van der Waals surface area (Å²) in [5.41, 5.74) is 3.43. The summed E-state index contributed by atoms with van der Waals surface area (Å²) in [6.07, 6.45) is 2.06. The van der Waals surface area contributed by atoms with Gasteiger partial charge in [-0.25, -0.2) is 0 Å². The Balaban J connectivity index is 1.60. The van der Waals surface area contributed by atoms with E-state index in [0.29, 0.717) is 36.5 Å². The lowest BCUT2D eigenvalue weighted by Crippen LogP contribution is -2.37. The number of nitrogens with zero attached hydrogens (tertiary/aromatic N) is 3. The number of aryl methyl sites for hydroxylation is 1. The van der Waals surface area contributed by atoms with E-state index in [1.807, 2.05) is 37.3 Å². The van der Waals surface area contributed by atoms with Crippen LogP contribution in [0.25, 0.3) is 0 Å². The molecule has 0 bridgehead atoms. The zero-order valence-electron chi connectivity index (χ0n) is 17.7. The summed E-state index contributed by atoms with van der Waals surface area (Å²) in [5.74, 6) is 0.148. The van der Waals surface area contributed by atoms with E-state index in [1.54, 1.807) is 22.6 Å². The number of furan rings is 1. The van der Waals surface area contributed by atoms with Gasteiger partial charge in [0.05, 0.1) is 37.6 Å². The topological polar surface area (TPSA) is 101 Å². The van der Waals surface area contributed by atoms with Crippen molar-refractivity contribution < 1.29 is 19.1 Å². The molecule has 0 radical (unpaired) electrons. The zero-order valence-corrected chi connectivity index (χ0v) is 17.7.